The van der Waals surface area contributed by atoms with Crippen LogP contribution in [0, 0.1) is 5.92 Å². The molecule has 1 amide bonds. The van der Waals surface area contributed by atoms with E-state index in [0.29, 0.717) is 19.4 Å². The van der Waals surface area contributed by atoms with E-state index in [-0.39, 0.29) is 17.0 Å². The van der Waals surface area contributed by atoms with Crippen LogP contribution in [0.3, 0.4) is 0 Å². The van der Waals surface area contributed by atoms with E-state index in [2.05, 4.69) is 15.4 Å². The minimum Gasteiger partial charge on any atom is -0.371 e. The molecule has 2 aromatic rings. The summed E-state index contributed by atoms with van der Waals surface area (Å²) in [5, 5.41) is 8.39. The molecule has 154 valence electrons. The lowest BCUT2D eigenvalue weighted by molar-refractivity contribution is -0.140. The van der Waals surface area contributed by atoms with Crippen molar-refractivity contribution in [1.82, 2.24) is 20.1 Å². The maximum atomic E-state index is 12.9. The van der Waals surface area contributed by atoms with Crippen molar-refractivity contribution in [2.45, 2.75) is 58.0 Å². The van der Waals surface area contributed by atoms with Crippen LogP contribution in [0.2, 0.25) is 0 Å². The van der Waals surface area contributed by atoms with E-state index in [9.17, 15) is 18.0 Å². The van der Waals surface area contributed by atoms with Crippen molar-refractivity contribution in [3.05, 3.63) is 34.0 Å². The van der Waals surface area contributed by atoms with Gasteiger partial charge in [-0.2, -0.15) is 18.3 Å². The summed E-state index contributed by atoms with van der Waals surface area (Å²) in [6.45, 7) is 6.23. The second-order valence-corrected chi connectivity index (χ2v) is 7.91. The standard InChI is InChI=1S/C18H23F3N4O2S/c1-4-12(17-24-14(9-28-17)18(19,20)21)23-16(26)11-6-8-27-15(11)13-5-7-22-25(13)10(2)3/h5,7,9-12,15H,4,6,8H2,1-3H3,(H,23,26)/t11-,12-,15-/m0/s1. The van der Waals surface area contributed by atoms with Crippen molar-refractivity contribution in [3.8, 4) is 0 Å². The zero-order valence-electron chi connectivity index (χ0n) is 15.9. The van der Waals surface area contributed by atoms with Crippen LogP contribution in [0.5, 0.6) is 0 Å². The summed E-state index contributed by atoms with van der Waals surface area (Å²) in [5.41, 5.74) is -0.0996. The molecule has 3 heterocycles. The lowest BCUT2D eigenvalue weighted by Gasteiger charge is -2.23. The molecule has 3 rings (SSSR count). The molecular formula is C18H23F3N4O2S. The molecule has 0 aromatic carbocycles. The summed E-state index contributed by atoms with van der Waals surface area (Å²) >= 11 is 0.907. The monoisotopic (exact) mass is 416 g/mol. The molecule has 0 saturated carbocycles. The molecule has 0 unspecified atom stereocenters. The maximum absolute atomic E-state index is 12.9. The van der Waals surface area contributed by atoms with Crippen molar-refractivity contribution in [3.63, 3.8) is 0 Å². The molecule has 1 N–H and O–H groups in total. The number of nitrogens with one attached hydrogen (secondary N) is 1. The number of ether oxygens (including phenoxy) is 1. The van der Waals surface area contributed by atoms with E-state index in [4.69, 9.17) is 4.74 Å². The quantitative estimate of drug-likeness (QED) is 0.763. The number of hydrogen-bond donors (Lipinski definition) is 1. The first kappa shape index (κ1) is 20.8. The first-order chi connectivity index (χ1) is 13.2. The minimum absolute atomic E-state index is 0.123. The van der Waals surface area contributed by atoms with Gasteiger partial charge in [-0.15, -0.1) is 11.3 Å². The molecule has 0 spiro atoms. The second-order valence-electron chi connectivity index (χ2n) is 7.02. The van der Waals surface area contributed by atoms with Gasteiger partial charge < -0.3 is 10.1 Å². The zero-order valence-corrected chi connectivity index (χ0v) is 16.7. The number of halogens is 3. The van der Waals surface area contributed by atoms with Gasteiger partial charge in [0.2, 0.25) is 5.91 Å². The molecule has 0 radical (unpaired) electrons. The molecule has 1 aliphatic rings. The molecule has 1 saturated heterocycles. The van der Waals surface area contributed by atoms with E-state index in [1.54, 1.807) is 13.1 Å². The van der Waals surface area contributed by atoms with Gasteiger partial charge in [0.15, 0.2) is 5.69 Å². The zero-order chi connectivity index (χ0) is 20.5. The lowest BCUT2D eigenvalue weighted by atomic mass is 9.97. The molecule has 2 aromatic heterocycles. The Balaban J connectivity index is 1.75. The smallest absolute Gasteiger partial charge is 0.371 e. The summed E-state index contributed by atoms with van der Waals surface area (Å²) in [4.78, 5) is 16.6. The van der Waals surface area contributed by atoms with Crippen LogP contribution in [0.15, 0.2) is 17.6 Å². The van der Waals surface area contributed by atoms with Crippen LogP contribution in [0.25, 0.3) is 0 Å². The number of carbonyl (C=O) groups excluding carboxylic acids is 1. The third-order valence-corrected chi connectivity index (χ3v) is 5.70. The van der Waals surface area contributed by atoms with E-state index in [0.717, 1.165) is 22.4 Å². The van der Waals surface area contributed by atoms with Gasteiger partial charge in [-0.25, -0.2) is 4.98 Å². The van der Waals surface area contributed by atoms with Gasteiger partial charge in [0, 0.05) is 24.2 Å². The van der Waals surface area contributed by atoms with Crippen molar-refractivity contribution in [2.75, 3.05) is 6.61 Å². The maximum Gasteiger partial charge on any atom is 0.434 e. The highest BCUT2D eigenvalue weighted by atomic mass is 32.1. The summed E-state index contributed by atoms with van der Waals surface area (Å²) in [6, 6.07) is 1.39. The minimum atomic E-state index is -4.49. The number of rotatable bonds is 6. The molecule has 28 heavy (non-hydrogen) atoms. The summed E-state index contributed by atoms with van der Waals surface area (Å²) < 4.78 is 46.1. The highest BCUT2D eigenvalue weighted by Gasteiger charge is 2.39. The number of amides is 1. The third kappa shape index (κ3) is 4.22. The normalized spacial score (nSPS) is 21.2. The third-order valence-electron chi connectivity index (χ3n) is 4.75. The Labute approximate surface area is 165 Å². The fraction of sp³-hybridized carbons (Fsp3) is 0.611. The Morgan fingerprint density at radius 3 is 2.82 bits per heavy atom. The Morgan fingerprint density at radius 2 is 2.21 bits per heavy atom. The van der Waals surface area contributed by atoms with Crippen molar-refractivity contribution < 1.29 is 22.7 Å². The second kappa shape index (κ2) is 8.20. The molecule has 10 heteroatoms. The molecule has 0 aliphatic carbocycles. The highest BCUT2D eigenvalue weighted by molar-refractivity contribution is 7.09. The van der Waals surface area contributed by atoms with Gasteiger partial charge >= 0.3 is 6.18 Å². The summed E-state index contributed by atoms with van der Waals surface area (Å²) in [5.74, 6) is -0.667. The van der Waals surface area contributed by atoms with Crippen molar-refractivity contribution in [2.24, 2.45) is 5.92 Å². The molecule has 0 bridgehead atoms. The van der Waals surface area contributed by atoms with E-state index < -0.39 is 29.9 Å². The number of carbonyl (C=O) groups is 1. The van der Waals surface area contributed by atoms with Crippen molar-refractivity contribution >= 4 is 17.2 Å². The SMILES string of the molecule is CC[C@H](NC(=O)[C@H]1CCO[C@@H]1c1ccnn1C(C)C)c1nc(C(F)(F)F)cs1. The molecule has 3 atom stereocenters. The average molecular weight is 416 g/mol. The fourth-order valence-corrected chi connectivity index (χ4v) is 4.29. The van der Waals surface area contributed by atoms with Gasteiger partial charge in [0.1, 0.15) is 11.1 Å². The van der Waals surface area contributed by atoms with Crippen LogP contribution in [0.1, 0.15) is 68.2 Å². The van der Waals surface area contributed by atoms with Crippen LogP contribution in [-0.2, 0) is 15.7 Å². The van der Waals surface area contributed by atoms with Crippen LogP contribution in [-0.4, -0.2) is 27.3 Å². The summed E-state index contributed by atoms with van der Waals surface area (Å²) in [6.07, 6.45) is -2.25. The fourth-order valence-electron chi connectivity index (χ4n) is 3.33. The van der Waals surface area contributed by atoms with Gasteiger partial charge in [-0.05, 0) is 32.8 Å². The number of aromatic nitrogens is 3. The Morgan fingerprint density at radius 1 is 1.46 bits per heavy atom. The van der Waals surface area contributed by atoms with Gasteiger partial charge in [0.25, 0.3) is 0 Å². The Hall–Kier alpha value is -1.94. The Bertz CT molecular complexity index is 818. The van der Waals surface area contributed by atoms with Crippen LogP contribution in [0.4, 0.5) is 13.2 Å². The number of thiazole rings is 1. The van der Waals surface area contributed by atoms with Crippen molar-refractivity contribution in [1.29, 1.82) is 0 Å². The molecule has 1 aliphatic heterocycles. The van der Waals surface area contributed by atoms with Gasteiger partial charge in [-0.3, -0.25) is 9.48 Å². The Kier molecular flexibility index (Phi) is 6.09. The predicted molar refractivity (Wildman–Crippen MR) is 97.7 cm³/mol. The van der Waals surface area contributed by atoms with Gasteiger partial charge in [-0.1, -0.05) is 6.92 Å². The summed E-state index contributed by atoms with van der Waals surface area (Å²) in [7, 11) is 0. The van der Waals surface area contributed by atoms with Gasteiger partial charge in [0.05, 0.1) is 17.7 Å². The predicted octanol–water partition coefficient (Wildman–Crippen LogP) is 4.28. The number of nitrogens with zero attached hydrogens (tertiary/aromatic N) is 3. The topological polar surface area (TPSA) is 69.0 Å². The van der Waals surface area contributed by atoms with Crippen LogP contribution >= 0.6 is 11.3 Å². The number of hydrogen-bond acceptors (Lipinski definition) is 5. The van der Waals surface area contributed by atoms with E-state index in [1.165, 1.54) is 0 Å². The first-order valence-electron chi connectivity index (χ1n) is 9.20. The average Bonchev–Trinajstić information content (AvgIpc) is 3.37. The first-order valence-corrected chi connectivity index (χ1v) is 10.1. The van der Waals surface area contributed by atoms with E-state index >= 15 is 0 Å². The van der Waals surface area contributed by atoms with Crippen LogP contribution < -0.4 is 5.32 Å². The molecule has 6 nitrogen and oxygen atoms in total. The highest BCUT2D eigenvalue weighted by Crippen LogP contribution is 2.37. The van der Waals surface area contributed by atoms with E-state index in [1.807, 2.05) is 24.6 Å². The lowest BCUT2D eigenvalue weighted by Crippen LogP contribution is -2.35. The number of alkyl halides is 3. The largest absolute Gasteiger partial charge is 0.434 e. The molecule has 1 fully saturated rings. The molecular weight excluding hydrogens is 393 g/mol.